The lowest BCUT2D eigenvalue weighted by molar-refractivity contribution is -0.126. The maximum absolute atomic E-state index is 12.0. The zero-order valence-electron chi connectivity index (χ0n) is 10.9. The fraction of sp³-hybridized carbons (Fsp3) is 0.500. The summed E-state index contributed by atoms with van der Waals surface area (Å²) >= 11 is 1.58. The smallest absolute Gasteiger partial charge is 0.226 e. The van der Waals surface area contributed by atoms with Crippen LogP contribution < -0.4 is 11.1 Å². The van der Waals surface area contributed by atoms with Crippen LogP contribution >= 0.6 is 11.3 Å². The van der Waals surface area contributed by atoms with E-state index in [-0.39, 0.29) is 17.9 Å². The SMILES string of the molecule is CC1OCCC1C(=O)NCc1ccc(C#CCN)s1. The van der Waals surface area contributed by atoms with Crippen LogP contribution in [-0.2, 0) is 16.1 Å². The fourth-order valence-electron chi connectivity index (χ4n) is 2.06. The Labute approximate surface area is 117 Å². The summed E-state index contributed by atoms with van der Waals surface area (Å²) in [6, 6.07) is 3.94. The third-order valence-electron chi connectivity index (χ3n) is 3.13. The molecule has 1 aliphatic rings. The second-order valence-electron chi connectivity index (χ2n) is 4.46. The highest BCUT2D eigenvalue weighted by Gasteiger charge is 2.30. The summed E-state index contributed by atoms with van der Waals surface area (Å²) in [4.78, 5) is 14.1. The van der Waals surface area contributed by atoms with Crippen molar-refractivity contribution in [1.82, 2.24) is 5.32 Å². The average molecular weight is 278 g/mol. The third kappa shape index (κ3) is 3.80. The lowest BCUT2D eigenvalue weighted by Crippen LogP contribution is -2.33. The Morgan fingerprint density at radius 3 is 3.16 bits per heavy atom. The van der Waals surface area contributed by atoms with Crippen LogP contribution in [0.2, 0.25) is 0 Å². The maximum Gasteiger partial charge on any atom is 0.226 e. The second kappa shape index (κ2) is 6.71. The van der Waals surface area contributed by atoms with E-state index in [0.29, 0.717) is 19.7 Å². The standard InChI is InChI=1S/C14H18N2O2S/c1-10-13(6-8-18-10)14(17)16-9-12-5-4-11(19-12)3-2-7-15/h4-5,10,13H,6-9,15H2,1H3,(H,16,17). The minimum Gasteiger partial charge on any atom is -0.378 e. The molecule has 1 aliphatic heterocycles. The van der Waals surface area contributed by atoms with Crippen molar-refractivity contribution in [3.05, 3.63) is 21.9 Å². The molecule has 0 spiro atoms. The molecule has 1 aromatic rings. The summed E-state index contributed by atoms with van der Waals surface area (Å²) in [6.45, 7) is 3.54. The van der Waals surface area contributed by atoms with E-state index in [4.69, 9.17) is 10.5 Å². The van der Waals surface area contributed by atoms with Crippen molar-refractivity contribution in [3.63, 3.8) is 0 Å². The molecule has 1 saturated heterocycles. The van der Waals surface area contributed by atoms with E-state index in [9.17, 15) is 4.79 Å². The van der Waals surface area contributed by atoms with Gasteiger partial charge in [0, 0.05) is 11.5 Å². The maximum atomic E-state index is 12.0. The number of hydrogen-bond acceptors (Lipinski definition) is 4. The number of nitrogens with two attached hydrogens (primary N) is 1. The Hall–Kier alpha value is -1.35. The first-order chi connectivity index (χ1) is 9.20. The number of nitrogens with one attached hydrogen (secondary N) is 1. The Morgan fingerprint density at radius 2 is 2.47 bits per heavy atom. The molecule has 2 heterocycles. The zero-order chi connectivity index (χ0) is 13.7. The zero-order valence-corrected chi connectivity index (χ0v) is 11.8. The van der Waals surface area contributed by atoms with Crippen molar-refractivity contribution in [1.29, 1.82) is 0 Å². The van der Waals surface area contributed by atoms with Crippen LogP contribution in [-0.4, -0.2) is 25.2 Å². The molecule has 19 heavy (non-hydrogen) atoms. The molecule has 2 unspecified atom stereocenters. The monoisotopic (exact) mass is 278 g/mol. The van der Waals surface area contributed by atoms with Gasteiger partial charge in [0.05, 0.1) is 30.0 Å². The Balaban J connectivity index is 1.85. The van der Waals surface area contributed by atoms with Gasteiger partial charge in [-0.3, -0.25) is 4.79 Å². The van der Waals surface area contributed by atoms with E-state index < -0.39 is 0 Å². The minimum absolute atomic E-state index is 0.0172. The van der Waals surface area contributed by atoms with Crippen molar-refractivity contribution in [3.8, 4) is 11.8 Å². The molecule has 2 atom stereocenters. The largest absolute Gasteiger partial charge is 0.378 e. The lowest BCUT2D eigenvalue weighted by Gasteiger charge is -2.13. The first-order valence-corrected chi connectivity index (χ1v) is 7.19. The molecule has 0 radical (unpaired) electrons. The van der Waals surface area contributed by atoms with Gasteiger partial charge < -0.3 is 15.8 Å². The van der Waals surface area contributed by atoms with Gasteiger partial charge in [-0.2, -0.15) is 0 Å². The molecule has 0 aliphatic carbocycles. The molecule has 1 amide bonds. The van der Waals surface area contributed by atoms with Crippen LogP contribution in [0.15, 0.2) is 12.1 Å². The first-order valence-electron chi connectivity index (χ1n) is 6.37. The van der Waals surface area contributed by atoms with Gasteiger partial charge in [-0.25, -0.2) is 0 Å². The summed E-state index contributed by atoms with van der Waals surface area (Å²) in [7, 11) is 0. The molecule has 0 saturated carbocycles. The second-order valence-corrected chi connectivity index (χ2v) is 5.63. The molecule has 0 aromatic carbocycles. The van der Waals surface area contributed by atoms with Gasteiger partial charge in [0.1, 0.15) is 0 Å². The molecule has 1 aromatic heterocycles. The fourth-order valence-corrected chi connectivity index (χ4v) is 2.88. The number of amides is 1. The Bertz CT molecular complexity index is 501. The number of thiophene rings is 1. The average Bonchev–Trinajstić information content (AvgIpc) is 3.02. The van der Waals surface area contributed by atoms with Gasteiger partial charge in [0.25, 0.3) is 0 Å². The molecule has 4 nitrogen and oxygen atoms in total. The molecule has 102 valence electrons. The Kier molecular flexibility index (Phi) is 4.97. The van der Waals surface area contributed by atoms with E-state index in [2.05, 4.69) is 17.2 Å². The van der Waals surface area contributed by atoms with Crippen LogP contribution in [0.3, 0.4) is 0 Å². The van der Waals surface area contributed by atoms with Crippen LogP contribution in [0, 0.1) is 17.8 Å². The van der Waals surface area contributed by atoms with Crippen molar-refractivity contribution in [2.45, 2.75) is 26.0 Å². The summed E-state index contributed by atoms with van der Waals surface area (Å²) in [5, 5.41) is 2.96. The molecule has 3 N–H and O–H groups in total. The summed E-state index contributed by atoms with van der Waals surface area (Å²) in [5.74, 6) is 5.86. The summed E-state index contributed by atoms with van der Waals surface area (Å²) in [6.07, 6.45) is 0.833. The third-order valence-corrected chi connectivity index (χ3v) is 4.13. The van der Waals surface area contributed by atoms with Crippen molar-refractivity contribution in [2.75, 3.05) is 13.2 Å². The predicted octanol–water partition coefficient (Wildman–Crippen LogP) is 1.10. The normalized spacial score (nSPS) is 21.8. The molecule has 2 rings (SSSR count). The topological polar surface area (TPSA) is 64.3 Å². The highest BCUT2D eigenvalue weighted by Crippen LogP contribution is 2.21. The highest BCUT2D eigenvalue weighted by molar-refractivity contribution is 7.12. The molecular formula is C14H18N2O2S. The Morgan fingerprint density at radius 1 is 1.63 bits per heavy atom. The van der Waals surface area contributed by atoms with Crippen LogP contribution in [0.5, 0.6) is 0 Å². The number of carbonyl (C=O) groups excluding carboxylic acids is 1. The minimum atomic E-state index is -0.0172. The number of carbonyl (C=O) groups is 1. The van der Waals surface area contributed by atoms with Crippen molar-refractivity contribution in [2.24, 2.45) is 11.7 Å². The van der Waals surface area contributed by atoms with E-state index in [1.54, 1.807) is 11.3 Å². The number of hydrogen-bond donors (Lipinski definition) is 2. The highest BCUT2D eigenvalue weighted by atomic mass is 32.1. The summed E-state index contributed by atoms with van der Waals surface area (Å²) < 4.78 is 5.40. The quantitative estimate of drug-likeness (QED) is 0.814. The number of rotatable bonds is 3. The number of ether oxygens (including phenoxy) is 1. The van der Waals surface area contributed by atoms with E-state index in [1.807, 2.05) is 19.1 Å². The predicted molar refractivity (Wildman–Crippen MR) is 75.6 cm³/mol. The van der Waals surface area contributed by atoms with Gasteiger partial charge >= 0.3 is 0 Å². The van der Waals surface area contributed by atoms with Gasteiger partial charge in [-0.15, -0.1) is 11.3 Å². The van der Waals surface area contributed by atoms with Crippen molar-refractivity contribution < 1.29 is 9.53 Å². The van der Waals surface area contributed by atoms with E-state index in [0.717, 1.165) is 16.2 Å². The van der Waals surface area contributed by atoms with Crippen LogP contribution in [0.25, 0.3) is 0 Å². The molecule has 1 fully saturated rings. The van der Waals surface area contributed by atoms with Crippen molar-refractivity contribution >= 4 is 17.2 Å². The molecule has 0 bridgehead atoms. The van der Waals surface area contributed by atoms with E-state index >= 15 is 0 Å². The first kappa shape index (κ1) is 14.1. The lowest BCUT2D eigenvalue weighted by atomic mass is 10.0. The van der Waals surface area contributed by atoms with Crippen LogP contribution in [0.4, 0.5) is 0 Å². The molecular weight excluding hydrogens is 260 g/mol. The van der Waals surface area contributed by atoms with Gasteiger partial charge in [0.2, 0.25) is 5.91 Å². The molecule has 5 heteroatoms. The van der Waals surface area contributed by atoms with E-state index in [1.165, 1.54) is 0 Å². The summed E-state index contributed by atoms with van der Waals surface area (Å²) in [5.41, 5.74) is 5.33. The van der Waals surface area contributed by atoms with Crippen LogP contribution in [0.1, 0.15) is 23.1 Å². The van der Waals surface area contributed by atoms with Gasteiger partial charge in [-0.1, -0.05) is 11.8 Å². The van der Waals surface area contributed by atoms with Gasteiger partial charge in [0.15, 0.2) is 0 Å². The van der Waals surface area contributed by atoms with Gasteiger partial charge in [-0.05, 0) is 25.5 Å².